The summed E-state index contributed by atoms with van der Waals surface area (Å²) in [5.41, 5.74) is 2.35. The van der Waals surface area contributed by atoms with Crippen molar-refractivity contribution in [2.24, 2.45) is 0 Å². The van der Waals surface area contributed by atoms with Crippen LogP contribution >= 0.6 is 22.6 Å². The largest absolute Gasteiger partial charge is 0.263 e. The molecule has 14 heavy (non-hydrogen) atoms. The fourth-order valence-electron chi connectivity index (χ4n) is 1.28. The number of rotatable bonds is 1. The van der Waals surface area contributed by atoms with Gasteiger partial charge in [0.1, 0.15) is 5.82 Å². The van der Waals surface area contributed by atoms with Crippen molar-refractivity contribution in [2.45, 2.75) is 13.8 Å². The number of hydrogen-bond acceptors (Lipinski definition) is 2. The van der Waals surface area contributed by atoms with Crippen molar-refractivity contribution in [3.63, 3.8) is 0 Å². The lowest BCUT2D eigenvalue weighted by atomic mass is 10.1. The van der Waals surface area contributed by atoms with Crippen molar-refractivity contribution in [3.05, 3.63) is 33.2 Å². The lowest BCUT2D eigenvalue weighted by molar-refractivity contribution is 1.04. The molecule has 2 rings (SSSR count). The monoisotopic (exact) mass is 299 g/mol. The molecule has 0 aliphatic carbocycles. The van der Waals surface area contributed by atoms with E-state index in [1.165, 1.54) is 9.13 Å². The number of hydrogen-bond donors (Lipinski definition) is 1. The van der Waals surface area contributed by atoms with E-state index in [9.17, 15) is 0 Å². The molecular formula is C10H10IN3. The van der Waals surface area contributed by atoms with Gasteiger partial charge in [-0.1, -0.05) is 18.2 Å². The van der Waals surface area contributed by atoms with Gasteiger partial charge in [-0.3, -0.25) is 5.10 Å². The summed E-state index contributed by atoms with van der Waals surface area (Å²) in [6.07, 6.45) is 0. The quantitative estimate of drug-likeness (QED) is 0.823. The topological polar surface area (TPSA) is 41.6 Å². The third-order valence-electron chi connectivity index (χ3n) is 2.03. The van der Waals surface area contributed by atoms with Gasteiger partial charge in [-0.05, 0) is 42.0 Å². The van der Waals surface area contributed by atoms with Gasteiger partial charge in [0.15, 0.2) is 5.82 Å². The van der Waals surface area contributed by atoms with Crippen LogP contribution in [0.1, 0.15) is 11.4 Å². The second-order valence-corrected chi connectivity index (χ2v) is 4.26. The molecule has 0 aliphatic rings. The lowest BCUT2D eigenvalue weighted by Gasteiger charge is -2.02. The normalized spacial score (nSPS) is 10.5. The molecule has 0 radical (unpaired) electrons. The Morgan fingerprint density at radius 1 is 1.29 bits per heavy atom. The van der Waals surface area contributed by atoms with E-state index >= 15 is 0 Å². The van der Waals surface area contributed by atoms with Crippen LogP contribution in [-0.4, -0.2) is 15.2 Å². The third-order valence-corrected chi connectivity index (χ3v) is 3.46. The second-order valence-electron chi connectivity index (χ2n) is 3.18. The van der Waals surface area contributed by atoms with Crippen LogP contribution in [0, 0.1) is 17.4 Å². The highest BCUT2D eigenvalue weighted by Gasteiger charge is 2.08. The number of nitrogens with zero attached hydrogens (tertiary/aromatic N) is 2. The number of benzene rings is 1. The molecule has 1 aromatic heterocycles. The summed E-state index contributed by atoms with van der Waals surface area (Å²) in [4.78, 5) is 4.31. The molecule has 1 N–H and O–H groups in total. The molecule has 0 saturated carbocycles. The molecule has 2 aromatic rings. The van der Waals surface area contributed by atoms with Crippen LogP contribution in [0.15, 0.2) is 18.2 Å². The Hall–Kier alpha value is -0.910. The Bertz CT molecular complexity index is 462. The molecule has 0 atom stereocenters. The molecule has 1 heterocycles. The first kappa shape index (κ1) is 9.64. The molecular weight excluding hydrogens is 289 g/mol. The van der Waals surface area contributed by atoms with Crippen LogP contribution in [0.4, 0.5) is 0 Å². The minimum Gasteiger partial charge on any atom is -0.263 e. The Kier molecular flexibility index (Phi) is 2.54. The first-order chi connectivity index (χ1) is 6.68. The zero-order valence-corrected chi connectivity index (χ0v) is 10.2. The predicted octanol–water partition coefficient (Wildman–Crippen LogP) is 2.69. The average molecular weight is 299 g/mol. The van der Waals surface area contributed by atoms with E-state index < -0.39 is 0 Å². The number of nitrogens with one attached hydrogen (secondary N) is 1. The van der Waals surface area contributed by atoms with E-state index in [4.69, 9.17) is 0 Å². The van der Waals surface area contributed by atoms with Crippen molar-refractivity contribution in [1.29, 1.82) is 0 Å². The number of aryl methyl sites for hydroxylation is 2. The lowest BCUT2D eigenvalue weighted by Crippen LogP contribution is -1.88. The summed E-state index contributed by atoms with van der Waals surface area (Å²) < 4.78 is 1.21. The minimum atomic E-state index is 0.774. The minimum absolute atomic E-state index is 0.774. The van der Waals surface area contributed by atoms with Crippen molar-refractivity contribution >= 4 is 22.6 Å². The Labute approximate surface area is 96.1 Å². The van der Waals surface area contributed by atoms with Crippen molar-refractivity contribution in [1.82, 2.24) is 15.2 Å². The first-order valence-electron chi connectivity index (χ1n) is 4.33. The molecule has 0 aliphatic heterocycles. The van der Waals surface area contributed by atoms with E-state index in [-0.39, 0.29) is 0 Å². The molecule has 0 unspecified atom stereocenters. The molecule has 4 heteroatoms. The summed E-state index contributed by atoms with van der Waals surface area (Å²) in [5.74, 6) is 1.62. The zero-order chi connectivity index (χ0) is 10.1. The zero-order valence-electron chi connectivity index (χ0n) is 8.00. The van der Waals surface area contributed by atoms with Crippen molar-refractivity contribution < 1.29 is 0 Å². The molecule has 1 aromatic carbocycles. The highest BCUT2D eigenvalue weighted by Crippen LogP contribution is 2.24. The summed E-state index contributed by atoms with van der Waals surface area (Å²) >= 11 is 2.32. The number of aromatic nitrogens is 3. The van der Waals surface area contributed by atoms with Gasteiger partial charge >= 0.3 is 0 Å². The number of aromatic amines is 1. The highest BCUT2D eigenvalue weighted by molar-refractivity contribution is 14.1. The Morgan fingerprint density at radius 3 is 2.71 bits per heavy atom. The summed E-state index contributed by atoms with van der Waals surface area (Å²) in [6.45, 7) is 3.99. The molecule has 0 fully saturated rings. The van der Waals surface area contributed by atoms with Gasteiger partial charge < -0.3 is 0 Å². The SMILES string of the molecule is Cc1nc(-c2cccc(C)c2I)n[nH]1. The van der Waals surface area contributed by atoms with Gasteiger partial charge in [-0.25, -0.2) is 4.98 Å². The van der Waals surface area contributed by atoms with E-state index in [0.29, 0.717) is 0 Å². The number of halogens is 1. The summed E-state index contributed by atoms with van der Waals surface area (Å²) in [6, 6.07) is 6.15. The van der Waals surface area contributed by atoms with Gasteiger partial charge in [-0.2, -0.15) is 5.10 Å². The van der Waals surface area contributed by atoms with Crippen LogP contribution in [0.3, 0.4) is 0 Å². The van der Waals surface area contributed by atoms with Crippen LogP contribution in [0.2, 0.25) is 0 Å². The van der Waals surface area contributed by atoms with Gasteiger partial charge in [0, 0.05) is 9.13 Å². The smallest absolute Gasteiger partial charge is 0.182 e. The summed E-state index contributed by atoms with van der Waals surface area (Å²) in [5, 5.41) is 7.00. The van der Waals surface area contributed by atoms with E-state index in [1.807, 2.05) is 19.1 Å². The van der Waals surface area contributed by atoms with E-state index in [0.717, 1.165) is 17.2 Å². The average Bonchev–Trinajstić information content (AvgIpc) is 2.57. The highest BCUT2D eigenvalue weighted by atomic mass is 127. The van der Waals surface area contributed by atoms with Crippen molar-refractivity contribution in [3.8, 4) is 11.4 Å². The fourth-order valence-corrected chi connectivity index (χ4v) is 1.88. The molecule has 3 nitrogen and oxygen atoms in total. The molecule has 0 saturated heterocycles. The maximum Gasteiger partial charge on any atom is 0.182 e. The Balaban J connectivity index is 2.57. The first-order valence-corrected chi connectivity index (χ1v) is 5.41. The number of H-pyrrole nitrogens is 1. The maximum atomic E-state index is 4.31. The molecule has 0 bridgehead atoms. The second kappa shape index (κ2) is 3.68. The molecule has 0 amide bonds. The molecule has 72 valence electrons. The van der Waals surface area contributed by atoms with Crippen LogP contribution in [-0.2, 0) is 0 Å². The van der Waals surface area contributed by atoms with Gasteiger partial charge in [0.05, 0.1) is 0 Å². The standard InChI is InChI=1S/C10H10IN3/c1-6-4-3-5-8(9(6)11)10-12-7(2)13-14-10/h3-5H,1-2H3,(H,12,13,14). The summed E-state index contributed by atoms with van der Waals surface area (Å²) in [7, 11) is 0. The van der Waals surface area contributed by atoms with E-state index in [1.54, 1.807) is 0 Å². The Morgan fingerprint density at radius 2 is 2.07 bits per heavy atom. The van der Waals surface area contributed by atoms with Crippen molar-refractivity contribution in [2.75, 3.05) is 0 Å². The third kappa shape index (κ3) is 1.66. The van der Waals surface area contributed by atoms with Gasteiger partial charge in [0.2, 0.25) is 0 Å². The fraction of sp³-hybridized carbons (Fsp3) is 0.200. The van der Waals surface area contributed by atoms with E-state index in [2.05, 4.69) is 50.8 Å². The molecule has 0 spiro atoms. The maximum absolute atomic E-state index is 4.31. The van der Waals surface area contributed by atoms with Gasteiger partial charge in [-0.15, -0.1) is 0 Å². The van der Waals surface area contributed by atoms with Gasteiger partial charge in [0.25, 0.3) is 0 Å². The van der Waals surface area contributed by atoms with Crippen LogP contribution < -0.4 is 0 Å². The predicted molar refractivity (Wildman–Crippen MR) is 64.0 cm³/mol. The van der Waals surface area contributed by atoms with Crippen LogP contribution in [0.25, 0.3) is 11.4 Å². The van der Waals surface area contributed by atoms with Crippen LogP contribution in [0.5, 0.6) is 0 Å².